The van der Waals surface area contributed by atoms with Gasteiger partial charge in [-0.15, -0.1) is 0 Å². The maximum absolute atomic E-state index is 12.5. The third-order valence-electron chi connectivity index (χ3n) is 3.47. The normalized spacial score (nSPS) is 14.9. The van der Waals surface area contributed by atoms with Crippen molar-refractivity contribution in [1.82, 2.24) is 10.9 Å². The number of Topliss-reactive ketones (excluding diaryl/α,β-unsaturated/α-hetero) is 1. The molecule has 1 aromatic carbocycles. The van der Waals surface area contributed by atoms with Crippen molar-refractivity contribution in [3.8, 4) is 0 Å². The largest absolute Gasteiger partial charge is 0.454 e. The van der Waals surface area contributed by atoms with Crippen LogP contribution in [0.5, 0.6) is 0 Å². The van der Waals surface area contributed by atoms with Gasteiger partial charge in [0.05, 0.1) is 0 Å². The van der Waals surface area contributed by atoms with E-state index in [4.69, 9.17) is 0 Å². The van der Waals surface area contributed by atoms with E-state index in [-0.39, 0.29) is 17.7 Å². The fourth-order valence-electron chi connectivity index (χ4n) is 2.33. The third kappa shape index (κ3) is 3.47. The van der Waals surface area contributed by atoms with Crippen LogP contribution in [0.3, 0.4) is 0 Å². The smallest absolute Gasteiger partial charge is 0.302 e. The molecule has 1 aliphatic rings. The lowest BCUT2D eigenvalue weighted by molar-refractivity contribution is -0.166. The van der Waals surface area contributed by atoms with Gasteiger partial charge in [0.2, 0.25) is 0 Å². The average Bonchev–Trinajstić information content (AvgIpc) is 2.91. The van der Waals surface area contributed by atoms with E-state index >= 15 is 0 Å². The predicted octanol–water partition coefficient (Wildman–Crippen LogP) is 2.80. The van der Waals surface area contributed by atoms with Crippen molar-refractivity contribution in [3.05, 3.63) is 46.7 Å². The number of nitrogens with one attached hydrogen (secondary N) is 2. The number of benzene rings is 1. The Labute approximate surface area is 125 Å². The number of rotatable bonds is 4. The van der Waals surface area contributed by atoms with E-state index in [1.54, 1.807) is 31.2 Å². The van der Waals surface area contributed by atoms with Gasteiger partial charge < -0.3 is 5.43 Å². The molecule has 0 unspecified atom stereocenters. The first-order chi connectivity index (χ1) is 10.3. The summed E-state index contributed by atoms with van der Waals surface area (Å²) in [6, 6.07) is 6.83. The summed E-state index contributed by atoms with van der Waals surface area (Å²) in [4.78, 5) is 23.3. The van der Waals surface area contributed by atoms with Crippen LogP contribution in [0, 0.1) is 6.92 Å². The molecule has 0 saturated heterocycles. The van der Waals surface area contributed by atoms with Crippen molar-refractivity contribution in [1.29, 1.82) is 0 Å². The van der Waals surface area contributed by atoms with Crippen LogP contribution < -0.4 is 10.9 Å². The molecule has 0 aliphatic heterocycles. The third-order valence-corrected chi connectivity index (χ3v) is 3.47. The molecule has 0 radical (unpaired) electrons. The van der Waals surface area contributed by atoms with Crippen LogP contribution in [0.2, 0.25) is 0 Å². The number of allylic oxidation sites excluding steroid dienone is 2. The standard InChI is InChI=1S/C15H15F3N2O2/c1-9-5-2-3-6-10(9)14(22)20-19-12-8-4-7-11(12)13(21)15(16,17)18/h2-3,5-6,19H,4,7-8H2,1H3,(H,20,22). The van der Waals surface area contributed by atoms with Gasteiger partial charge in [-0.25, -0.2) is 0 Å². The molecule has 118 valence electrons. The molecule has 22 heavy (non-hydrogen) atoms. The Hall–Kier alpha value is -2.31. The lowest BCUT2D eigenvalue weighted by atomic mass is 10.1. The highest BCUT2D eigenvalue weighted by atomic mass is 19.4. The number of aryl methyl sites for hydroxylation is 1. The molecule has 0 spiro atoms. The Morgan fingerprint density at radius 1 is 1.14 bits per heavy atom. The van der Waals surface area contributed by atoms with Gasteiger partial charge in [-0.1, -0.05) is 18.2 Å². The zero-order chi connectivity index (χ0) is 16.3. The summed E-state index contributed by atoms with van der Waals surface area (Å²) in [5, 5.41) is 0. The van der Waals surface area contributed by atoms with E-state index in [9.17, 15) is 22.8 Å². The Bertz CT molecular complexity index is 636. The Morgan fingerprint density at radius 2 is 1.82 bits per heavy atom. The van der Waals surface area contributed by atoms with Gasteiger partial charge in [0, 0.05) is 16.8 Å². The molecule has 1 amide bonds. The van der Waals surface area contributed by atoms with Crippen LogP contribution in [0.15, 0.2) is 35.5 Å². The molecule has 0 fully saturated rings. The number of alkyl halides is 3. The Kier molecular flexibility index (Phi) is 4.54. The summed E-state index contributed by atoms with van der Waals surface area (Å²) in [6.07, 6.45) is -4.10. The summed E-state index contributed by atoms with van der Waals surface area (Å²) in [5.74, 6) is -2.31. The van der Waals surface area contributed by atoms with Gasteiger partial charge in [-0.3, -0.25) is 15.0 Å². The number of carbonyl (C=O) groups excluding carboxylic acids is 2. The highest BCUT2D eigenvalue weighted by Crippen LogP contribution is 2.30. The first-order valence-electron chi connectivity index (χ1n) is 6.76. The zero-order valence-electron chi connectivity index (χ0n) is 11.9. The minimum absolute atomic E-state index is 0.0565. The maximum Gasteiger partial charge on any atom is 0.454 e. The molecule has 1 aliphatic carbocycles. The Balaban J connectivity index is 2.09. The minimum Gasteiger partial charge on any atom is -0.302 e. The number of ketones is 1. The van der Waals surface area contributed by atoms with Crippen molar-refractivity contribution in [3.63, 3.8) is 0 Å². The molecule has 0 saturated carbocycles. The number of hydrogen-bond acceptors (Lipinski definition) is 3. The highest BCUT2D eigenvalue weighted by molar-refractivity contribution is 6.00. The van der Waals surface area contributed by atoms with Crippen molar-refractivity contribution in [2.75, 3.05) is 0 Å². The van der Waals surface area contributed by atoms with Gasteiger partial charge in [0.1, 0.15) is 0 Å². The second-order valence-electron chi connectivity index (χ2n) is 5.03. The highest BCUT2D eigenvalue weighted by Gasteiger charge is 2.42. The fourth-order valence-corrected chi connectivity index (χ4v) is 2.33. The van der Waals surface area contributed by atoms with Crippen molar-refractivity contribution < 1.29 is 22.8 Å². The topological polar surface area (TPSA) is 58.2 Å². The van der Waals surface area contributed by atoms with Crippen LogP contribution in [-0.2, 0) is 4.79 Å². The van der Waals surface area contributed by atoms with Gasteiger partial charge in [-0.2, -0.15) is 13.2 Å². The SMILES string of the molecule is Cc1ccccc1C(=O)NNC1=C(C(=O)C(F)(F)F)CCC1. The van der Waals surface area contributed by atoms with Crippen molar-refractivity contribution in [2.24, 2.45) is 0 Å². The molecule has 0 aromatic heterocycles. The molecule has 1 aromatic rings. The van der Waals surface area contributed by atoms with Crippen LogP contribution in [-0.4, -0.2) is 17.9 Å². The van der Waals surface area contributed by atoms with Gasteiger partial charge in [0.25, 0.3) is 11.7 Å². The second kappa shape index (κ2) is 6.21. The second-order valence-corrected chi connectivity index (χ2v) is 5.03. The molecule has 2 rings (SSSR count). The first kappa shape index (κ1) is 16.1. The maximum atomic E-state index is 12.5. The van der Waals surface area contributed by atoms with Crippen LogP contribution in [0.1, 0.15) is 35.2 Å². The molecule has 7 heteroatoms. The quantitative estimate of drug-likeness (QED) is 0.841. The van der Waals surface area contributed by atoms with Crippen molar-refractivity contribution >= 4 is 11.7 Å². The molecule has 2 N–H and O–H groups in total. The van der Waals surface area contributed by atoms with E-state index in [0.29, 0.717) is 18.4 Å². The first-order valence-corrected chi connectivity index (χ1v) is 6.76. The lowest BCUT2D eigenvalue weighted by Gasteiger charge is -2.13. The van der Waals surface area contributed by atoms with E-state index in [0.717, 1.165) is 5.56 Å². The lowest BCUT2D eigenvalue weighted by Crippen LogP contribution is -2.38. The monoisotopic (exact) mass is 312 g/mol. The van der Waals surface area contributed by atoms with Gasteiger partial charge >= 0.3 is 6.18 Å². The molecule has 0 atom stereocenters. The number of halogens is 3. The fraction of sp³-hybridized carbons (Fsp3) is 0.333. The summed E-state index contributed by atoms with van der Waals surface area (Å²) in [5.41, 5.74) is 5.80. The number of hydrazine groups is 1. The minimum atomic E-state index is -4.90. The van der Waals surface area contributed by atoms with E-state index in [2.05, 4.69) is 10.9 Å². The summed E-state index contributed by atoms with van der Waals surface area (Å²) in [7, 11) is 0. The molecule has 0 heterocycles. The summed E-state index contributed by atoms with van der Waals surface area (Å²) < 4.78 is 37.5. The molecular weight excluding hydrogens is 297 g/mol. The number of carbonyl (C=O) groups is 2. The molecule has 4 nitrogen and oxygen atoms in total. The average molecular weight is 312 g/mol. The van der Waals surface area contributed by atoms with E-state index < -0.39 is 17.9 Å². The van der Waals surface area contributed by atoms with Crippen molar-refractivity contribution in [2.45, 2.75) is 32.4 Å². The van der Waals surface area contributed by atoms with Gasteiger partial charge in [0.15, 0.2) is 0 Å². The Morgan fingerprint density at radius 3 is 2.45 bits per heavy atom. The zero-order valence-corrected chi connectivity index (χ0v) is 11.9. The predicted molar refractivity (Wildman–Crippen MR) is 73.7 cm³/mol. The van der Waals surface area contributed by atoms with E-state index in [1.807, 2.05) is 0 Å². The van der Waals surface area contributed by atoms with Gasteiger partial charge in [-0.05, 0) is 37.8 Å². The van der Waals surface area contributed by atoms with Crippen LogP contribution in [0.25, 0.3) is 0 Å². The van der Waals surface area contributed by atoms with Crippen LogP contribution >= 0.6 is 0 Å². The molecule has 0 bridgehead atoms. The number of hydrogen-bond donors (Lipinski definition) is 2. The summed E-state index contributed by atoms with van der Waals surface area (Å²) in [6.45, 7) is 1.75. The summed E-state index contributed by atoms with van der Waals surface area (Å²) >= 11 is 0. The number of amides is 1. The van der Waals surface area contributed by atoms with Crippen LogP contribution in [0.4, 0.5) is 13.2 Å². The molecular formula is C15H15F3N2O2. The van der Waals surface area contributed by atoms with E-state index in [1.165, 1.54) is 0 Å².